The van der Waals surface area contributed by atoms with E-state index >= 15 is 0 Å². The predicted octanol–water partition coefficient (Wildman–Crippen LogP) is 4.76. The van der Waals surface area contributed by atoms with Crippen LogP contribution in [0.3, 0.4) is 0 Å². The molecule has 2 aromatic carbocycles. The molecule has 0 saturated heterocycles. The summed E-state index contributed by atoms with van der Waals surface area (Å²) in [4.78, 5) is 12.1. The van der Waals surface area contributed by atoms with Gasteiger partial charge in [0.15, 0.2) is 12.4 Å². The predicted molar refractivity (Wildman–Crippen MR) is 104 cm³/mol. The number of carbonyl (C=O) groups excluding carboxylic acids is 1. The summed E-state index contributed by atoms with van der Waals surface area (Å²) in [7, 11) is 0. The van der Waals surface area contributed by atoms with Gasteiger partial charge in [0.25, 0.3) is 5.91 Å². The minimum Gasteiger partial charge on any atom is -0.484 e. The molecule has 0 unspecified atom stereocenters. The first-order valence-electron chi connectivity index (χ1n) is 8.09. The van der Waals surface area contributed by atoms with Crippen molar-refractivity contribution in [1.82, 2.24) is 9.78 Å². The molecule has 5 nitrogen and oxygen atoms in total. The SMILES string of the molecule is CCc1cc(NC(=O)COc2ccccc2)nn1-c1ccc(Cl)c(Cl)c1. The van der Waals surface area contributed by atoms with Crippen LogP contribution in [0.25, 0.3) is 5.69 Å². The van der Waals surface area contributed by atoms with Gasteiger partial charge in [0, 0.05) is 11.8 Å². The van der Waals surface area contributed by atoms with Gasteiger partial charge in [-0.3, -0.25) is 4.79 Å². The molecule has 0 spiro atoms. The number of benzene rings is 2. The Labute approximate surface area is 161 Å². The molecule has 0 bridgehead atoms. The molecule has 0 fully saturated rings. The monoisotopic (exact) mass is 389 g/mol. The van der Waals surface area contributed by atoms with Gasteiger partial charge in [-0.15, -0.1) is 5.10 Å². The van der Waals surface area contributed by atoms with Crippen molar-refractivity contribution in [1.29, 1.82) is 0 Å². The standard InChI is InChI=1S/C19H17Cl2N3O2/c1-2-13-11-18(22-19(25)12-26-15-6-4-3-5-7-15)23-24(13)14-8-9-16(20)17(21)10-14/h3-11H,2,12H2,1H3,(H,22,23,25). The first-order chi connectivity index (χ1) is 12.6. The van der Waals surface area contributed by atoms with Crippen molar-refractivity contribution in [2.45, 2.75) is 13.3 Å². The summed E-state index contributed by atoms with van der Waals surface area (Å²) in [5.74, 6) is 0.808. The molecular formula is C19H17Cl2N3O2. The molecule has 0 aliphatic heterocycles. The van der Waals surface area contributed by atoms with E-state index in [2.05, 4.69) is 10.4 Å². The highest BCUT2D eigenvalue weighted by Crippen LogP contribution is 2.26. The Morgan fingerprint density at radius 3 is 2.58 bits per heavy atom. The van der Waals surface area contributed by atoms with E-state index in [-0.39, 0.29) is 12.5 Å². The summed E-state index contributed by atoms with van der Waals surface area (Å²) in [6, 6.07) is 16.3. The van der Waals surface area contributed by atoms with E-state index in [0.717, 1.165) is 17.8 Å². The summed E-state index contributed by atoms with van der Waals surface area (Å²) < 4.78 is 7.17. The lowest BCUT2D eigenvalue weighted by molar-refractivity contribution is -0.118. The molecule has 1 amide bonds. The maximum atomic E-state index is 12.1. The third-order valence-corrected chi connectivity index (χ3v) is 4.41. The Kier molecular flexibility index (Phi) is 5.81. The smallest absolute Gasteiger partial charge is 0.263 e. The number of nitrogens with one attached hydrogen (secondary N) is 1. The number of para-hydroxylation sites is 1. The summed E-state index contributed by atoms with van der Waals surface area (Å²) in [5.41, 5.74) is 1.71. The number of nitrogens with zero attached hydrogens (tertiary/aromatic N) is 2. The number of amides is 1. The Hall–Kier alpha value is -2.50. The van der Waals surface area contributed by atoms with Crippen molar-refractivity contribution in [3.63, 3.8) is 0 Å². The van der Waals surface area contributed by atoms with Gasteiger partial charge in [-0.1, -0.05) is 48.3 Å². The zero-order chi connectivity index (χ0) is 18.5. The van der Waals surface area contributed by atoms with E-state index in [1.807, 2.05) is 37.3 Å². The maximum Gasteiger partial charge on any atom is 0.263 e. The van der Waals surface area contributed by atoms with Crippen LogP contribution in [-0.4, -0.2) is 22.3 Å². The third kappa shape index (κ3) is 4.36. The first kappa shape index (κ1) is 18.3. The number of halogens is 2. The molecule has 0 radical (unpaired) electrons. The fourth-order valence-corrected chi connectivity index (χ4v) is 2.71. The van der Waals surface area contributed by atoms with Crippen molar-refractivity contribution >= 4 is 34.9 Å². The van der Waals surface area contributed by atoms with Crippen LogP contribution in [0.1, 0.15) is 12.6 Å². The Morgan fingerprint density at radius 2 is 1.88 bits per heavy atom. The minimum absolute atomic E-state index is 0.0922. The molecule has 0 aliphatic carbocycles. The molecule has 0 atom stereocenters. The van der Waals surface area contributed by atoms with Crippen LogP contribution in [-0.2, 0) is 11.2 Å². The Balaban J connectivity index is 1.71. The van der Waals surface area contributed by atoms with E-state index in [1.54, 1.807) is 28.9 Å². The van der Waals surface area contributed by atoms with E-state index < -0.39 is 0 Å². The van der Waals surface area contributed by atoms with E-state index in [0.29, 0.717) is 21.6 Å². The highest BCUT2D eigenvalue weighted by atomic mass is 35.5. The molecule has 3 rings (SSSR count). The van der Waals surface area contributed by atoms with Crippen molar-refractivity contribution in [2.75, 3.05) is 11.9 Å². The highest BCUT2D eigenvalue weighted by molar-refractivity contribution is 6.42. The maximum absolute atomic E-state index is 12.1. The van der Waals surface area contributed by atoms with E-state index in [4.69, 9.17) is 27.9 Å². The molecule has 1 N–H and O–H groups in total. The Bertz CT molecular complexity index is 910. The van der Waals surface area contributed by atoms with E-state index in [9.17, 15) is 4.79 Å². The second-order valence-corrected chi connectivity index (χ2v) is 6.35. The van der Waals surface area contributed by atoms with Crippen LogP contribution in [0.4, 0.5) is 5.82 Å². The number of anilines is 1. The molecule has 0 saturated carbocycles. The lowest BCUT2D eigenvalue weighted by atomic mass is 10.3. The van der Waals surface area contributed by atoms with Gasteiger partial charge in [-0.25, -0.2) is 4.68 Å². The molecule has 7 heteroatoms. The molecular weight excluding hydrogens is 373 g/mol. The van der Waals surface area contributed by atoms with Gasteiger partial charge in [0.05, 0.1) is 15.7 Å². The second-order valence-electron chi connectivity index (χ2n) is 5.53. The minimum atomic E-state index is -0.282. The summed E-state index contributed by atoms with van der Waals surface area (Å²) in [5, 5.41) is 8.12. The topological polar surface area (TPSA) is 56.1 Å². The lowest BCUT2D eigenvalue weighted by Crippen LogP contribution is -2.20. The van der Waals surface area contributed by atoms with E-state index in [1.165, 1.54) is 0 Å². The van der Waals surface area contributed by atoms with Crippen LogP contribution < -0.4 is 10.1 Å². The van der Waals surface area contributed by atoms with Crippen molar-refractivity contribution in [3.8, 4) is 11.4 Å². The van der Waals surface area contributed by atoms with Crippen molar-refractivity contribution in [2.24, 2.45) is 0 Å². The largest absolute Gasteiger partial charge is 0.484 e. The van der Waals surface area contributed by atoms with Crippen LogP contribution in [0.15, 0.2) is 54.6 Å². The van der Waals surface area contributed by atoms with Gasteiger partial charge < -0.3 is 10.1 Å². The molecule has 0 aliphatic rings. The number of aryl methyl sites for hydroxylation is 1. The van der Waals surface area contributed by atoms with Crippen molar-refractivity contribution in [3.05, 3.63) is 70.3 Å². The molecule has 1 aromatic heterocycles. The van der Waals surface area contributed by atoms with Gasteiger partial charge in [0.2, 0.25) is 0 Å². The highest BCUT2D eigenvalue weighted by Gasteiger charge is 2.12. The number of hydrogen-bond donors (Lipinski definition) is 1. The average molecular weight is 390 g/mol. The third-order valence-electron chi connectivity index (χ3n) is 3.67. The van der Waals surface area contributed by atoms with Crippen molar-refractivity contribution < 1.29 is 9.53 Å². The van der Waals surface area contributed by atoms with Gasteiger partial charge in [0.1, 0.15) is 5.75 Å². The summed E-state index contributed by atoms with van der Waals surface area (Å²) in [6.45, 7) is 1.92. The number of rotatable bonds is 6. The van der Waals surface area contributed by atoms with Gasteiger partial charge in [-0.05, 0) is 36.8 Å². The lowest BCUT2D eigenvalue weighted by Gasteiger charge is -2.07. The molecule has 26 heavy (non-hydrogen) atoms. The number of ether oxygens (including phenoxy) is 1. The zero-order valence-electron chi connectivity index (χ0n) is 14.1. The average Bonchev–Trinajstić information content (AvgIpc) is 3.06. The number of aromatic nitrogens is 2. The molecule has 1 heterocycles. The summed E-state index contributed by atoms with van der Waals surface area (Å²) >= 11 is 12.1. The molecule has 3 aromatic rings. The second kappa shape index (κ2) is 8.25. The fourth-order valence-electron chi connectivity index (χ4n) is 2.42. The quantitative estimate of drug-likeness (QED) is 0.660. The Morgan fingerprint density at radius 1 is 1.12 bits per heavy atom. The summed E-state index contributed by atoms with van der Waals surface area (Å²) in [6.07, 6.45) is 0.740. The molecule has 134 valence electrons. The van der Waals surface area contributed by atoms with Gasteiger partial charge >= 0.3 is 0 Å². The zero-order valence-corrected chi connectivity index (χ0v) is 15.6. The van der Waals surface area contributed by atoms with Gasteiger partial charge in [-0.2, -0.15) is 0 Å². The van der Waals surface area contributed by atoms with Crippen LogP contribution in [0, 0.1) is 0 Å². The number of carbonyl (C=O) groups is 1. The van der Waals surface area contributed by atoms with Crippen LogP contribution in [0.2, 0.25) is 10.0 Å². The van der Waals surface area contributed by atoms with Crippen LogP contribution in [0.5, 0.6) is 5.75 Å². The van der Waals surface area contributed by atoms with Crippen LogP contribution >= 0.6 is 23.2 Å². The first-order valence-corrected chi connectivity index (χ1v) is 8.84. The normalized spacial score (nSPS) is 10.6. The number of hydrogen-bond acceptors (Lipinski definition) is 3. The fraction of sp³-hybridized carbons (Fsp3) is 0.158.